The summed E-state index contributed by atoms with van der Waals surface area (Å²) in [6.07, 6.45) is 2.35. The molecule has 0 aliphatic heterocycles. The van der Waals surface area contributed by atoms with E-state index in [-0.39, 0.29) is 0 Å². The monoisotopic (exact) mass is 188 g/mol. The van der Waals surface area contributed by atoms with Crippen LogP contribution in [0.2, 0.25) is 13.1 Å². The summed E-state index contributed by atoms with van der Waals surface area (Å²) < 4.78 is 0. The van der Waals surface area contributed by atoms with Crippen LogP contribution in [-0.2, 0) is 0 Å². The maximum absolute atomic E-state index is 2.43. The van der Waals surface area contributed by atoms with E-state index in [1.165, 1.54) is 5.56 Å². The molecule has 0 bridgehead atoms. The lowest BCUT2D eigenvalue weighted by atomic mass is 10.1. The highest BCUT2D eigenvalue weighted by atomic mass is 28.3. The molecular weight excluding hydrogens is 172 g/mol. The Morgan fingerprint density at radius 1 is 1.15 bits per heavy atom. The molecule has 1 aliphatic rings. The first-order valence-electron chi connectivity index (χ1n) is 4.97. The van der Waals surface area contributed by atoms with Gasteiger partial charge in [-0.05, 0) is 23.6 Å². The number of benzene rings is 1. The molecule has 1 aliphatic carbocycles. The van der Waals surface area contributed by atoms with E-state index in [0.717, 1.165) is 5.54 Å². The zero-order chi connectivity index (χ0) is 9.42. The summed E-state index contributed by atoms with van der Waals surface area (Å²) >= 11 is 0. The fourth-order valence-electron chi connectivity index (χ4n) is 2.39. The summed E-state index contributed by atoms with van der Waals surface area (Å²) in [5.74, 6) is 0. The van der Waals surface area contributed by atoms with Gasteiger partial charge in [0.1, 0.15) is 0 Å². The van der Waals surface area contributed by atoms with Crippen molar-refractivity contribution >= 4 is 14.9 Å². The van der Waals surface area contributed by atoms with Gasteiger partial charge in [0.05, 0.1) is 0 Å². The first-order chi connectivity index (χ1) is 6.20. The molecule has 0 amide bonds. The molecule has 0 radical (unpaired) electrons. The summed E-state index contributed by atoms with van der Waals surface area (Å²) in [5, 5.41) is 0. The maximum atomic E-state index is 2.43. The lowest BCUT2D eigenvalue weighted by molar-refractivity contribution is 1.10. The number of rotatable bonds is 1. The van der Waals surface area contributed by atoms with E-state index >= 15 is 0 Å². The van der Waals surface area contributed by atoms with Crippen molar-refractivity contribution in [3.8, 4) is 0 Å². The second kappa shape index (κ2) is 3.15. The van der Waals surface area contributed by atoms with Gasteiger partial charge in [-0.3, -0.25) is 0 Å². The molecule has 0 spiro atoms. The van der Waals surface area contributed by atoms with Gasteiger partial charge in [-0.25, -0.2) is 0 Å². The van der Waals surface area contributed by atoms with Crippen LogP contribution in [0.5, 0.6) is 0 Å². The van der Waals surface area contributed by atoms with Gasteiger partial charge in [-0.1, -0.05) is 49.0 Å². The van der Waals surface area contributed by atoms with E-state index in [1.807, 2.05) is 0 Å². The summed E-state index contributed by atoms with van der Waals surface area (Å²) in [7, 11) is -0.586. The van der Waals surface area contributed by atoms with E-state index < -0.39 is 8.80 Å². The van der Waals surface area contributed by atoms with Gasteiger partial charge in [-0.15, -0.1) is 0 Å². The van der Waals surface area contributed by atoms with E-state index in [4.69, 9.17) is 0 Å². The quantitative estimate of drug-likeness (QED) is 0.594. The zero-order valence-electron chi connectivity index (χ0n) is 8.54. The molecule has 1 aromatic rings. The second-order valence-electron chi connectivity index (χ2n) is 4.24. The topological polar surface area (TPSA) is 0 Å². The minimum absolute atomic E-state index is 0.586. The Balaban J connectivity index is 2.49. The highest BCUT2D eigenvalue weighted by Crippen LogP contribution is 2.37. The molecule has 1 unspecified atom stereocenters. The van der Waals surface area contributed by atoms with Crippen LogP contribution >= 0.6 is 0 Å². The van der Waals surface area contributed by atoms with E-state index in [9.17, 15) is 0 Å². The van der Waals surface area contributed by atoms with Gasteiger partial charge < -0.3 is 0 Å². The highest BCUT2D eigenvalue weighted by molar-refractivity contribution is 6.58. The van der Waals surface area contributed by atoms with Crippen molar-refractivity contribution in [3.05, 3.63) is 41.0 Å². The molecule has 68 valence electrons. The lowest BCUT2D eigenvalue weighted by Gasteiger charge is -2.17. The third-order valence-electron chi connectivity index (χ3n) is 2.87. The molecule has 13 heavy (non-hydrogen) atoms. The fraction of sp³-hybridized carbons (Fsp3) is 0.333. The average Bonchev–Trinajstić information content (AvgIpc) is 2.39. The van der Waals surface area contributed by atoms with E-state index in [1.54, 1.807) is 11.1 Å². The Labute approximate surface area is 81.9 Å². The molecule has 0 nitrogen and oxygen atoms in total. The normalized spacial score (nSPS) is 20.3. The Hall–Kier alpha value is -0.823. The van der Waals surface area contributed by atoms with Gasteiger partial charge in [0.15, 0.2) is 0 Å². The first-order valence-corrected chi connectivity index (χ1v) is 7.95. The molecule has 0 aromatic heterocycles. The van der Waals surface area contributed by atoms with Crippen LogP contribution in [-0.4, -0.2) is 8.80 Å². The maximum Gasteiger partial charge on any atom is 0.0439 e. The highest BCUT2D eigenvalue weighted by Gasteiger charge is 2.24. The summed E-state index contributed by atoms with van der Waals surface area (Å²) in [6, 6.07) is 8.82. The lowest BCUT2D eigenvalue weighted by Crippen LogP contribution is -2.14. The van der Waals surface area contributed by atoms with Crippen LogP contribution in [0, 0.1) is 0 Å². The molecule has 0 saturated carbocycles. The van der Waals surface area contributed by atoms with Crippen LogP contribution < -0.4 is 0 Å². The molecule has 0 fully saturated rings. The number of hydrogen-bond acceptors (Lipinski definition) is 0. The predicted molar refractivity (Wildman–Crippen MR) is 61.7 cm³/mol. The predicted octanol–water partition coefficient (Wildman–Crippen LogP) is 3.21. The summed E-state index contributed by atoms with van der Waals surface area (Å²) in [6.45, 7) is 7.14. The van der Waals surface area contributed by atoms with Gasteiger partial charge in [-0.2, -0.15) is 0 Å². The Morgan fingerprint density at radius 3 is 2.54 bits per heavy atom. The molecule has 2 rings (SSSR count). The van der Waals surface area contributed by atoms with Crippen LogP contribution in [0.4, 0.5) is 0 Å². The standard InChI is InChI=1S/C12H16Si/c1-9-8-10-6-4-5-7-11(10)12(9)13(2)3/h4-8,12-13H,1-3H3. The van der Waals surface area contributed by atoms with Gasteiger partial charge >= 0.3 is 0 Å². The Bertz CT molecular complexity index is 350. The minimum Gasteiger partial charge on any atom is -0.0714 e. The van der Waals surface area contributed by atoms with Crippen molar-refractivity contribution in [1.29, 1.82) is 0 Å². The molecule has 0 saturated heterocycles. The summed E-state index contributed by atoms with van der Waals surface area (Å²) in [5.41, 5.74) is 5.38. The zero-order valence-corrected chi connectivity index (χ0v) is 9.70. The number of allylic oxidation sites excluding steroid dienone is 1. The molecule has 0 heterocycles. The Morgan fingerprint density at radius 2 is 1.85 bits per heavy atom. The first kappa shape index (κ1) is 8.76. The average molecular weight is 188 g/mol. The molecule has 1 heteroatoms. The van der Waals surface area contributed by atoms with Crippen LogP contribution in [0.3, 0.4) is 0 Å². The van der Waals surface area contributed by atoms with Crippen LogP contribution in [0.1, 0.15) is 23.6 Å². The van der Waals surface area contributed by atoms with E-state index in [0.29, 0.717) is 0 Å². The van der Waals surface area contributed by atoms with Gasteiger partial charge in [0.25, 0.3) is 0 Å². The smallest absolute Gasteiger partial charge is 0.0439 e. The third-order valence-corrected chi connectivity index (χ3v) is 5.09. The van der Waals surface area contributed by atoms with Crippen molar-refractivity contribution in [3.63, 3.8) is 0 Å². The SMILES string of the molecule is CC1=Cc2ccccc2C1[SiH](C)C. The third kappa shape index (κ3) is 1.37. The number of fused-ring (bicyclic) bond motifs is 1. The van der Waals surface area contributed by atoms with E-state index in [2.05, 4.69) is 50.4 Å². The van der Waals surface area contributed by atoms with Crippen molar-refractivity contribution in [1.82, 2.24) is 0 Å². The van der Waals surface area contributed by atoms with Crippen molar-refractivity contribution in [2.45, 2.75) is 25.6 Å². The molecule has 0 N–H and O–H groups in total. The van der Waals surface area contributed by atoms with Crippen molar-refractivity contribution < 1.29 is 0 Å². The van der Waals surface area contributed by atoms with Crippen LogP contribution in [0.25, 0.3) is 6.08 Å². The second-order valence-corrected chi connectivity index (χ2v) is 7.39. The fourth-order valence-corrected chi connectivity index (χ4v) is 4.56. The Kier molecular flexibility index (Phi) is 2.12. The summed E-state index contributed by atoms with van der Waals surface area (Å²) in [4.78, 5) is 0. The van der Waals surface area contributed by atoms with Gasteiger partial charge in [0, 0.05) is 8.80 Å². The largest absolute Gasteiger partial charge is 0.0714 e. The number of hydrogen-bond donors (Lipinski definition) is 0. The van der Waals surface area contributed by atoms with Crippen molar-refractivity contribution in [2.24, 2.45) is 0 Å². The van der Waals surface area contributed by atoms with Crippen molar-refractivity contribution in [2.75, 3.05) is 0 Å². The van der Waals surface area contributed by atoms with Gasteiger partial charge in [0.2, 0.25) is 0 Å². The molecular formula is C12H16Si. The molecule has 1 aromatic carbocycles. The molecule has 1 atom stereocenters. The van der Waals surface area contributed by atoms with Crippen LogP contribution in [0.15, 0.2) is 29.8 Å². The minimum atomic E-state index is -0.586.